The quantitative estimate of drug-likeness (QED) is 0.485. The molecule has 148 valence electrons. The lowest BCUT2D eigenvalue weighted by Gasteiger charge is -2.07. The van der Waals surface area contributed by atoms with Gasteiger partial charge in [-0.1, -0.05) is 29.5 Å². The summed E-state index contributed by atoms with van der Waals surface area (Å²) in [6.45, 7) is 4.09. The molecule has 0 bridgehead atoms. The summed E-state index contributed by atoms with van der Waals surface area (Å²) in [4.78, 5) is 23.6. The number of benzene rings is 2. The van der Waals surface area contributed by atoms with E-state index in [1.165, 1.54) is 24.4 Å². The zero-order chi connectivity index (χ0) is 20.8. The Morgan fingerprint density at radius 2 is 1.76 bits per heavy atom. The molecule has 0 unspecified atom stereocenters. The van der Waals surface area contributed by atoms with Crippen molar-refractivity contribution in [2.75, 3.05) is 18.2 Å². The fraction of sp³-hybridized carbons (Fsp3) is 0.182. The Bertz CT molecular complexity index is 1020. The summed E-state index contributed by atoms with van der Waals surface area (Å²) in [5.74, 6) is -0.376. The number of amides is 1. The summed E-state index contributed by atoms with van der Waals surface area (Å²) in [6, 6.07) is 16.5. The van der Waals surface area contributed by atoms with Crippen LogP contribution in [0.15, 0.2) is 59.6 Å². The first-order valence-electron chi connectivity index (χ1n) is 8.98. The SMILES string of the molecule is COC(=O)c1ccc(NC(=O)CSc2ccc(-c3cc(C)ccc3C)nn2)cc1. The molecule has 0 fully saturated rings. The lowest BCUT2D eigenvalue weighted by atomic mass is 10.0. The Morgan fingerprint density at radius 3 is 2.41 bits per heavy atom. The fourth-order valence-corrected chi connectivity index (χ4v) is 3.31. The standard InChI is InChI=1S/C22H21N3O3S/c1-14-4-5-15(2)18(12-14)19-10-11-21(25-24-19)29-13-20(26)23-17-8-6-16(7-9-17)22(27)28-3/h4-12H,13H2,1-3H3,(H,23,26). The number of hydrogen-bond acceptors (Lipinski definition) is 6. The third-order valence-electron chi connectivity index (χ3n) is 4.25. The van der Waals surface area contributed by atoms with Crippen molar-refractivity contribution < 1.29 is 14.3 Å². The highest BCUT2D eigenvalue weighted by atomic mass is 32.2. The van der Waals surface area contributed by atoms with Crippen LogP contribution in [0, 0.1) is 13.8 Å². The number of esters is 1. The molecule has 3 rings (SSSR count). The predicted octanol–water partition coefficient (Wildman–Crippen LogP) is 4.28. The molecule has 0 spiro atoms. The average Bonchev–Trinajstić information content (AvgIpc) is 2.74. The molecule has 0 radical (unpaired) electrons. The van der Waals surface area contributed by atoms with Crippen molar-refractivity contribution in [2.24, 2.45) is 0 Å². The van der Waals surface area contributed by atoms with Gasteiger partial charge in [0.05, 0.1) is 24.1 Å². The van der Waals surface area contributed by atoms with E-state index in [1.54, 1.807) is 24.3 Å². The molecule has 0 atom stereocenters. The number of thioether (sulfide) groups is 1. The van der Waals surface area contributed by atoms with Crippen molar-refractivity contribution in [3.05, 3.63) is 71.3 Å². The van der Waals surface area contributed by atoms with Crippen LogP contribution >= 0.6 is 11.8 Å². The summed E-state index contributed by atoms with van der Waals surface area (Å²) in [5.41, 5.74) is 5.22. The van der Waals surface area contributed by atoms with Gasteiger partial charge in [0.1, 0.15) is 5.03 Å². The summed E-state index contributed by atoms with van der Waals surface area (Å²) in [6.07, 6.45) is 0. The lowest BCUT2D eigenvalue weighted by Crippen LogP contribution is -2.14. The van der Waals surface area contributed by atoms with Gasteiger partial charge in [-0.3, -0.25) is 4.79 Å². The number of rotatable bonds is 6. The highest BCUT2D eigenvalue weighted by molar-refractivity contribution is 7.99. The second kappa shape index (κ2) is 9.34. The van der Waals surface area contributed by atoms with Gasteiger partial charge in [-0.25, -0.2) is 4.79 Å². The predicted molar refractivity (Wildman–Crippen MR) is 114 cm³/mol. The van der Waals surface area contributed by atoms with Crippen LogP contribution in [-0.2, 0) is 9.53 Å². The Kier molecular flexibility index (Phi) is 6.61. The van der Waals surface area contributed by atoms with Crippen LogP contribution in [0.5, 0.6) is 0 Å². The minimum atomic E-state index is -0.415. The molecule has 0 saturated heterocycles. The number of ether oxygens (including phenoxy) is 1. The van der Waals surface area contributed by atoms with E-state index in [4.69, 9.17) is 0 Å². The number of aryl methyl sites for hydroxylation is 2. The van der Waals surface area contributed by atoms with Gasteiger partial charge >= 0.3 is 5.97 Å². The maximum atomic E-state index is 12.2. The van der Waals surface area contributed by atoms with Gasteiger partial charge in [-0.2, -0.15) is 0 Å². The number of aromatic nitrogens is 2. The molecule has 6 nitrogen and oxygen atoms in total. The highest BCUT2D eigenvalue weighted by Crippen LogP contribution is 2.24. The summed E-state index contributed by atoms with van der Waals surface area (Å²) >= 11 is 1.31. The normalized spacial score (nSPS) is 10.4. The number of nitrogens with zero attached hydrogens (tertiary/aromatic N) is 2. The van der Waals surface area contributed by atoms with Crippen LogP contribution in [0.1, 0.15) is 21.5 Å². The van der Waals surface area contributed by atoms with Crippen LogP contribution in [0.2, 0.25) is 0 Å². The molecular weight excluding hydrogens is 386 g/mol. The van der Waals surface area contributed by atoms with E-state index in [-0.39, 0.29) is 11.7 Å². The number of carbonyl (C=O) groups is 2. The first-order valence-corrected chi connectivity index (χ1v) is 9.97. The van der Waals surface area contributed by atoms with Gasteiger partial charge in [0.15, 0.2) is 0 Å². The van der Waals surface area contributed by atoms with E-state index in [9.17, 15) is 9.59 Å². The molecule has 1 N–H and O–H groups in total. The third-order valence-corrected chi connectivity index (χ3v) is 5.17. The van der Waals surface area contributed by atoms with Crippen LogP contribution < -0.4 is 5.32 Å². The van der Waals surface area contributed by atoms with E-state index >= 15 is 0 Å². The largest absolute Gasteiger partial charge is 0.465 e. The van der Waals surface area contributed by atoms with Crippen molar-refractivity contribution in [3.8, 4) is 11.3 Å². The van der Waals surface area contributed by atoms with Crippen LogP contribution in [0.4, 0.5) is 5.69 Å². The minimum absolute atomic E-state index is 0.166. The van der Waals surface area contributed by atoms with E-state index in [2.05, 4.69) is 38.5 Å². The average molecular weight is 407 g/mol. The molecule has 1 aromatic heterocycles. The molecule has 7 heteroatoms. The number of anilines is 1. The van der Waals surface area contributed by atoms with Crippen LogP contribution in [-0.4, -0.2) is 34.9 Å². The van der Waals surface area contributed by atoms with Crippen molar-refractivity contribution in [3.63, 3.8) is 0 Å². The van der Waals surface area contributed by atoms with Gasteiger partial charge in [-0.15, -0.1) is 10.2 Å². The van der Waals surface area contributed by atoms with Gasteiger partial charge in [0, 0.05) is 11.3 Å². The maximum absolute atomic E-state index is 12.2. The molecule has 0 saturated carbocycles. The first kappa shape index (κ1) is 20.5. The van der Waals surface area contributed by atoms with Crippen molar-refractivity contribution in [2.45, 2.75) is 18.9 Å². The van der Waals surface area contributed by atoms with Crippen LogP contribution in [0.3, 0.4) is 0 Å². The number of nitrogens with one attached hydrogen (secondary N) is 1. The van der Waals surface area contributed by atoms with Crippen molar-refractivity contribution in [1.82, 2.24) is 10.2 Å². The number of hydrogen-bond donors (Lipinski definition) is 1. The Hall–Kier alpha value is -3.19. The molecule has 3 aromatic rings. The minimum Gasteiger partial charge on any atom is -0.465 e. The van der Waals surface area contributed by atoms with Crippen molar-refractivity contribution in [1.29, 1.82) is 0 Å². The van der Waals surface area contributed by atoms with E-state index < -0.39 is 5.97 Å². The van der Waals surface area contributed by atoms with Crippen molar-refractivity contribution >= 4 is 29.3 Å². The van der Waals surface area contributed by atoms with Gasteiger partial charge < -0.3 is 10.1 Å². The monoisotopic (exact) mass is 407 g/mol. The number of methoxy groups -OCH3 is 1. The maximum Gasteiger partial charge on any atom is 0.337 e. The highest BCUT2D eigenvalue weighted by Gasteiger charge is 2.09. The van der Waals surface area contributed by atoms with Crippen LogP contribution in [0.25, 0.3) is 11.3 Å². The molecule has 1 heterocycles. The first-order chi connectivity index (χ1) is 14.0. The topological polar surface area (TPSA) is 81.2 Å². The zero-order valence-electron chi connectivity index (χ0n) is 16.4. The fourth-order valence-electron chi connectivity index (χ4n) is 2.70. The zero-order valence-corrected chi connectivity index (χ0v) is 17.2. The Balaban J connectivity index is 1.56. The summed E-state index contributed by atoms with van der Waals surface area (Å²) in [5, 5.41) is 12.0. The lowest BCUT2D eigenvalue weighted by molar-refractivity contribution is -0.113. The Labute approximate surface area is 173 Å². The molecule has 2 aromatic carbocycles. The van der Waals surface area contributed by atoms with E-state index in [0.717, 1.165) is 16.8 Å². The molecule has 1 amide bonds. The molecule has 0 aliphatic heterocycles. The second-order valence-electron chi connectivity index (χ2n) is 6.48. The molecular formula is C22H21N3O3S. The molecule has 0 aliphatic carbocycles. The smallest absolute Gasteiger partial charge is 0.337 e. The third kappa shape index (κ3) is 5.42. The summed E-state index contributed by atoms with van der Waals surface area (Å²) < 4.78 is 4.65. The van der Waals surface area contributed by atoms with Gasteiger partial charge in [0.2, 0.25) is 5.91 Å². The van der Waals surface area contributed by atoms with E-state index in [0.29, 0.717) is 16.3 Å². The van der Waals surface area contributed by atoms with Gasteiger partial charge in [-0.05, 0) is 61.9 Å². The molecule has 0 aliphatic rings. The molecule has 29 heavy (non-hydrogen) atoms. The van der Waals surface area contributed by atoms with E-state index in [1.807, 2.05) is 26.0 Å². The number of carbonyl (C=O) groups excluding carboxylic acids is 2. The Morgan fingerprint density at radius 1 is 1.00 bits per heavy atom. The second-order valence-corrected chi connectivity index (χ2v) is 7.48. The summed E-state index contributed by atoms with van der Waals surface area (Å²) in [7, 11) is 1.33. The van der Waals surface area contributed by atoms with Gasteiger partial charge in [0.25, 0.3) is 0 Å².